The smallest absolute Gasteiger partial charge is 0.0515 e. The molecule has 1 atom stereocenters. The van der Waals surface area contributed by atoms with Gasteiger partial charge in [-0.05, 0) is 48.9 Å². The van der Waals surface area contributed by atoms with Gasteiger partial charge < -0.3 is 10.1 Å². The Morgan fingerprint density at radius 1 is 1.36 bits per heavy atom. The minimum Gasteiger partial charge on any atom is -0.393 e. The first-order valence-electron chi connectivity index (χ1n) is 5.00. The van der Waals surface area contributed by atoms with E-state index in [9.17, 15) is 5.11 Å². The fourth-order valence-electron chi connectivity index (χ4n) is 1.63. The molecule has 0 bridgehead atoms. The van der Waals surface area contributed by atoms with Crippen molar-refractivity contribution in [3.05, 3.63) is 36.0 Å². The van der Waals surface area contributed by atoms with Crippen LogP contribution in [0, 0.1) is 0 Å². The molecular weight excluding hydrogens is 174 g/mol. The van der Waals surface area contributed by atoms with Gasteiger partial charge in [0.15, 0.2) is 0 Å². The van der Waals surface area contributed by atoms with Crippen LogP contribution in [0.25, 0.3) is 10.9 Å². The predicted molar refractivity (Wildman–Crippen MR) is 58.3 cm³/mol. The third-order valence-electron chi connectivity index (χ3n) is 2.47. The maximum atomic E-state index is 9.18. The molecule has 0 aliphatic heterocycles. The van der Waals surface area contributed by atoms with E-state index in [4.69, 9.17) is 0 Å². The molecule has 0 radical (unpaired) electrons. The zero-order chi connectivity index (χ0) is 9.97. The molecule has 0 saturated heterocycles. The van der Waals surface area contributed by atoms with Crippen molar-refractivity contribution in [2.75, 3.05) is 0 Å². The highest BCUT2D eigenvalue weighted by atomic mass is 16.3. The van der Waals surface area contributed by atoms with E-state index in [0.29, 0.717) is 0 Å². The standard InChI is InChI=1S/C12H15NO/c1-9(14)2-3-10-4-5-12-11(8-10)6-7-13-12/h4-9,13-14H,2-3H2,1H3/t9-/m1/s1. The summed E-state index contributed by atoms with van der Waals surface area (Å²) in [5.74, 6) is 0. The quantitative estimate of drug-likeness (QED) is 0.764. The molecule has 2 N–H and O–H groups in total. The van der Waals surface area contributed by atoms with Crippen LogP contribution in [0.1, 0.15) is 18.9 Å². The largest absolute Gasteiger partial charge is 0.393 e. The van der Waals surface area contributed by atoms with E-state index in [1.54, 1.807) is 0 Å². The van der Waals surface area contributed by atoms with Gasteiger partial charge in [0.2, 0.25) is 0 Å². The molecule has 0 spiro atoms. The summed E-state index contributed by atoms with van der Waals surface area (Å²) in [4.78, 5) is 3.16. The second-order valence-corrected chi connectivity index (χ2v) is 3.79. The summed E-state index contributed by atoms with van der Waals surface area (Å²) in [6.45, 7) is 1.83. The van der Waals surface area contributed by atoms with E-state index in [1.165, 1.54) is 16.5 Å². The zero-order valence-corrected chi connectivity index (χ0v) is 8.33. The molecule has 0 fully saturated rings. The summed E-state index contributed by atoms with van der Waals surface area (Å²) in [5, 5.41) is 10.4. The Labute approximate surface area is 83.6 Å². The van der Waals surface area contributed by atoms with Gasteiger partial charge in [0.1, 0.15) is 0 Å². The first-order chi connectivity index (χ1) is 6.75. The molecule has 2 rings (SSSR count). The number of rotatable bonds is 3. The Kier molecular flexibility index (Phi) is 2.55. The molecule has 0 unspecified atom stereocenters. The summed E-state index contributed by atoms with van der Waals surface area (Å²) in [6.07, 6.45) is 3.51. The van der Waals surface area contributed by atoms with E-state index in [2.05, 4.69) is 29.2 Å². The average Bonchev–Trinajstić information content (AvgIpc) is 2.61. The average molecular weight is 189 g/mol. The van der Waals surface area contributed by atoms with Gasteiger partial charge >= 0.3 is 0 Å². The molecular formula is C12H15NO. The van der Waals surface area contributed by atoms with Crippen molar-refractivity contribution in [1.82, 2.24) is 4.98 Å². The number of hydrogen-bond donors (Lipinski definition) is 2. The van der Waals surface area contributed by atoms with E-state index < -0.39 is 0 Å². The monoisotopic (exact) mass is 189 g/mol. The highest BCUT2D eigenvalue weighted by Crippen LogP contribution is 2.15. The van der Waals surface area contributed by atoms with Crippen LogP contribution >= 0.6 is 0 Å². The molecule has 2 nitrogen and oxygen atoms in total. The number of aliphatic hydroxyl groups is 1. The van der Waals surface area contributed by atoms with Gasteiger partial charge in [-0.25, -0.2) is 0 Å². The van der Waals surface area contributed by atoms with Crippen molar-refractivity contribution in [1.29, 1.82) is 0 Å². The molecule has 1 aromatic heterocycles. The minimum atomic E-state index is -0.211. The van der Waals surface area contributed by atoms with Gasteiger partial charge in [-0.15, -0.1) is 0 Å². The number of hydrogen-bond acceptors (Lipinski definition) is 1. The van der Waals surface area contributed by atoms with Crippen molar-refractivity contribution in [2.45, 2.75) is 25.9 Å². The van der Waals surface area contributed by atoms with E-state index in [1.807, 2.05) is 13.1 Å². The zero-order valence-electron chi connectivity index (χ0n) is 8.33. The number of aromatic nitrogens is 1. The fourth-order valence-corrected chi connectivity index (χ4v) is 1.63. The molecule has 14 heavy (non-hydrogen) atoms. The van der Waals surface area contributed by atoms with Crippen LogP contribution in [0.3, 0.4) is 0 Å². The summed E-state index contributed by atoms with van der Waals surface area (Å²) >= 11 is 0. The van der Waals surface area contributed by atoms with Crippen molar-refractivity contribution >= 4 is 10.9 Å². The Bertz CT molecular complexity index is 417. The summed E-state index contributed by atoms with van der Waals surface area (Å²) in [7, 11) is 0. The Morgan fingerprint density at radius 2 is 2.21 bits per heavy atom. The van der Waals surface area contributed by atoms with Crippen LogP contribution in [0.15, 0.2) is 30.5 Å². The third-order valence-corrected chi connectivity index (χ3v) is 2.47. The lowest BCUT2D eigenvalue weighted by Gasteiger charge is -2.04. The molecule has 2 heteroatoms. The number of benzene rings is 1. The van der Waals surface area contributed by atoms with E-state index in [0.717, 1.165) is 12.8 Å². The second kappa shape index (κ2) is 3.84. The lowest BCUT2D eigenvalue weighted by atomic mass is 10.1. The lowest BCUT2D eigenvalue weighted by Crippen LogP contribution is -2.01. The third kappa shape index (κ3) is 1.96. The van der Waals surface area contributed by atoms with Crippen LogP contribution in [-0.2, 0) is 6.42 Å². The molecule has 74 valence electrons. The molecule has 1 aromatic carbocycles. The van der Waals surface area contributed by atoms with Crippen molar-refractivity contribution in [3.8, 4) is 0 Å². The Hall–Kier alpha value is -1.28. The number of aryl methyl sites for hydroxylation is 1. The maximum Gasteiger partial charge on any atom is 0.0515 e. The second-order valence-electron chi connectivity index (χ2n) is 3.79. The Morgan fingerprint density at radius 3 is 3.00 bits per heavy atom. The van der Waals surface area contributed by atoms with Crippen LogP contribution < -0.4 is 0 Å². The van der Waals surface area contributed by atoms with E-state index in [-0.39, 0.29) is 6.10 Å². The topological polar surface area (TPSA) is 36.0 Å². The van der Waals surface area contributed by atoms with Crippen molar-refractivity contribution in [2.24, 2.45) is 0 Å². The van der Waals surface area contributed by atoms with Gasteiger partial charge in [0.05, 0.1) is 6.10 Å². The number of nitrogens with one attached hydrogen (secondary N) is 1. The maximum absolute atomic E-state index is 9.18. The molecule has 0 amide bonds. The van der Waals surface area contributed by atoms with Crippen LogP contribution in [0.4, 0.5) is 0 Å². The summed E-state index contributed by atoms with van der Waals surface area (Å²) in [5.41, 5.74) is 2.46. The Balaban J connectivity index is 2.17. The molecule has 2 aromatic rings. The summed E-state index contributed by atoms with van der Waals surface area (Å²) < 4.78 is 0. The van der Waals surface area contributed by atoms with Crippen molar-refractivity contribution < 1.29 is 5.11 Å². The minimum absolute atomic E-state index is 0.211. The van der Waals surface area contributed by atoms with Gasteiger partial charge in [0, 0.05) is 11.7 Å². The number of fused-ring (bicyclic) bond motifs is 1. The van der Waals surface area contributed by atoms with Crippen molar-refractivity contribution in [3.63, 3.8) is 0 Å². The van der Waals surface area contributed by atoms with Crippen LogP contribution in [-0.4, -0.2) is 16.2 Å². The molecule has 0 aliphatic rings. The van der Waals surface area contributed by atoms with Gasteiger partial charge in [0.25, 0.3) is 0 Å². The first kappa shape index (κ1) is 9.28. The number of aromatic amines is 1. The normalized spacial score (nSPS) is 13.3. The number of aliphatic hydroxyl groups excluding tert-OH is 1. The fraction of sp³-hybridized carbons (Fsp3) is 0.333. The van der Waals surface area contributed by atoms with Gasteiger partial charge in [-0.2, -0.15) is 0 Å². The first-order valence-corrected chi connectivity index (χ1v) is 5.00. The highest BCUT2D eigenvalue weighted by molar-refractivity contribution is 5.79. The van der Waals surface area contributed by atoms with Gasteiger partial charge in [-0.1, -0.05) is 6.07 Å². The predicted octanol–water partition coefficient (Wildman–Crippen LogP) is 2.48. The van der Waals surface area contributed by atoms with Crippen LogP contribution in [0.5, 0.6) is 0 Å². The molecule has 0 aliphatic carbocycles. The highest BCUT2D eigenvalue weighted by Gasteiger charge is 1.99. The molecule has 1 heterocycles. The SMILES string of the molecule is C[C@@H](O)CCc1ccc2[nH]ccc2c1. The molecule has 0 saturated carbocycles. The van der Waals surface area contributed by atoms with Gasteiger partial charge in [-0.3, -0.25) is 0 Å². The lowest BCUT2D eigenvalue weighted by molar-refractivity contribution is 0.185. The number of H-pyrrole nitrogens is 1. The van der Waals surface area contributed by atoms with Crippen LogP contribution in [0.2, 0.25) is 0 Å². The van der Waals surface area contributed by atoms with E-state index >= 15 is 0 Å². The summed E-state index contributed by atoms with van der Waals surface area (Å²) in [6, 6.07) is 8.45.